The van der Waals surface area contributed by atoms with Crippen LogP contribution in [0, 0.1) is 0 Å². The number of hydrogen-bond donors (Lipinski definition) is 0. The summed E-state index contributed by atoms with van der Waals surface area (Å²) in [4.78, 5) is 16.7. The van der Waals surface area contributed by atoms with Crippen molar-refractivity contribution in [3.63, 3.8) is 0 Å². The number of amides is 1. The molecule has 1 saturated heterocycles. The van der Waals surface area contributed by atoms with Gasteiger partial charge in [0.1, 0.15) is 6.61 Å². The van der Waals surface area contributed by atoms with E-state index in [1.807, 2.05) is 17.8 Å². The van der Waals surface area contributed by atoms with Gasteiger partial charge in [0.05, 0.1) is 12.4 Å². The molecule has 1 fully saturated rings. The van der Waals surface area contributed by atoms with Gasteiger partial charge in [-0.05, 0) is 0 Å². The quantitative estimate of drug-likeness (QED) is 0.686. The highest BCUT2D eigenvalue weighted by Gasteiger charge is 2.29. The van der Waals surface area contributed by atoms with Gasteiger partial charge in [-0.2, -0.15) is 0 Å². The summed E-state index contributed by atoms with van der Waals surface area (Å²) in [7, 11) is 3.70. The largest absolute Gasteiger partial charge is 0.447 e. The predicted molar refractivity (Wildman–Crippen MR) is 49.8 cm³/mol. The number of carbonyl (C=O) groups is 1. The summed E-state index contributed by atoms with van der Waals surface area (Å²) < 4.78 is 6.88. The number of aryl methyl sites for hydroxylation is 1. The van der Waals surface area contributed by atoms with Gasteiger partial charge in [0, 0.05) is 32.4 Å². The lowest BCUT2D eigenvalue weighted by atomic mass is 10.2. The van der Waals surface area contributed by atoms with Gasteiger partial charge in [-0.3, -0.25) is 0 Å². The van der Waals surface area contributed by atoms with Gasteiger partial charge in [0.25, 0.3) is 0 Å². The molecule has 5 heteroatoms. The Hall–Kier alpha value is -1.52. The van der Waals surface area contributed by atoms with Crippen molar-refractivity contribution in [2.45, 2.75) is 12.5 Å². The van der Waals surface area contributed by atoms with Crippen molar-refractivity contribution in [1.29, 1.82) is 0 Å². The molecule has 1 atom stereocenters. The van der Waals surface area contributed by atoms with Crippen LogP contribution in [0.15, 0.2) is 12.5 Å². The van der Waals surface area contributed by atoms with Crippen molar-refractivity contribution in [2.24, 2.45) is 7.05 Å². The Morgan fingerprint density at radius 1 is 1.64 bits per heavy atom. The zero-order valence-corrected chi connectivity index (χ0v) is 8.30. The highest BCUT2D eigenvalue weighted by Crippen LogP contribution is 2.14. The fourth-order valence-corrected chi connectivity index (χ4v) is 1.55. The third-order valence-corrected chi connectivity index (χ3v) is 2.60. The first kappa shape index (κ1) is 9.05. The lowest BCUT2D eigenvalue weighted by Gasteiger charge is -2.15. The Balaban J connectivity index is 2.05. The molecule has 2 rings (SSSR count). The maximum Gasteiger partial charge on any atom is 0.409 e. The summed E-state index contributed by atoms with van der Waals surface area (Å²) in [6.07, 6.45) is 4.12. The van der Waals surface area contributed by atoms with Gasteiger partial charge in [-0.1, -0.05) is 0 Å². The summed E-state index contributed by atoms with van der Waals surface area (Å²) in [6.45, 7) is 0.473. The molecule has 1 amide bonds. The van der Waals surface area contributed by atoms with Crippen LogP contribution in [0.5, 0.6) is 0 Å². The van der Waals surface area contributed by atoms with E-state index in [9.17, 15) is 4.79 Å². The second-order valence-electron chi connectivity index (χ2n) is 3.54. The summed E-state index contributed by atoms with van der Waals surface area (Å²) in [5, 5.41) is 0. The van der Waals surface area contributed by atoms with Crippen molar-refractivity contribution >= 4 is 6.09 Å². The zero-order chi connectivity index (χ0) is 10.1. The average molecular weight is 195 g/mol. The van der Waals surface area contributed by atoms with Crippen molar-refractivity contribution in [3.8, 4) is 0 Å². The van der Waals surface area contributed by atoms with E-state index in [0.717, 1.165) is 12.1 Å². The van der Waals surface area contributed by atoms with E-state index >= 15 is 0 Å². The van der Waals surface area contributed by atoms with Crippen LogP contribution in [0.4, 0.5) is 4.79 Å². The molecule has 0 radical (unpaired) electrons. The molecule has 0 N–H and O–H groups in total. The second-order valence-corrected chi connectivity index (χ2v) is 3.54. The lowest BCUT2D eigenvalue weighted by Crippen LogP contribution is -2.31. The standard InChI is InChI=1S/C9H13N3O2/c1-11-6-10-4-7(11)3-8-5-14-9(13)12(8)2/h4,6,8H,3,5H2,1-2H3/t8-/m0/s1. The van der Waals surface area contributed by atoms with Crippen LogP contribution in [0.3, 0.4) is 0 Å². The molecule has 0 saturated carbocycles. The summed E-state index contributed by atoms with van der Waals surface area (Å²) in [5.41, 5.74) is 1.11. The van der Waals surface area contributed by atoms with E-state index in [1.54, 1.807) is 18.3 Å². The molecule has 0 aromatic carbocycles. The van der Waals surface area contributed by atoms with Crippen LogP contribution >= 0.6 is 0 Å². The SMILES string of the molecule is CN1C(=O)OC[C@@H]1Cc1cncn1C. The summed E-state index contributed by atoms with van der Waals surface area (Å²) >= 11 is 0. The Labute approximate surface area is 82.3 Å². The maximum absolute atomic E-state index is 11.1. The van der Waals surface area contributed by atoms with Crippen LogP contribution in [0.2, 0.25) is 0 Å². The first-order valence-electron chi connectivity index (χ1n) is 4.53. The Morgan fingerprint density at radius 2 is 2.43 bits per heavy atom. The van der Waals surface area contributed by atoms with Crippen LogP contribution < -0.4 is 0 Å². The van der Waals surface area contributed by atoms with Gasteiger partial charge in [-0.15, -0.1) is 0 Å². The van der Waals surface area contributed by atoms with Crippen LogP contribution in [0.1, 0.15) is 5.69 Å². The molecule has 1 aliphatic heterocycles. The molecule has 1 aliphatic rings. The molecular weight excluding hydrogens is 182 g/mol. The third-order valence-electron chi connectivity index (χ3n) is 2.60. The van der Waals surface area contributed by atoms with Gasteiger partial charge in [-0.25, -0.2) is 9.78 Å². The predicted octanol–water partition coefficient (Wildman–Crippen LogP) is 0.413. The van der Waals surface area contributed by atoms with Crippen LogP contribution in [-0.4, -0.2) is 40.2 Å². The zero-order valence-electron chi connectivity index (χ0n) is 8.30. The number of nitrogens with zero attached hydrogens (tertiary/aromatic N) is 3. The number of cyclic esters (lactones) is 1. The number of imidazole rings is 1. The fourth-order valence-electron chi connectivity index (χ4n) is 1.55. The highest BCUT2D eigenvalue weighted by atomic mass is 16.6. The monoisotopic (exact) mass is 195 g/mol. The highest BCUT2D eigenvalue weighted by molar-refractivity contribution is 5.69. The minimum Gasteiger partial charge on any atom is -0.447 e. The Kier molecular flexibility index (Phi) is 2.15. The maximum atomic E-state index is 11.1. The molecule has 0 spiro atoms. The first-order chi connectivity index (χ1) is 6.68. The number of ether oxygens (including phenoxy) is 1. The first-order valence-corrected chi connectivity index (χ1v) is 4.53. The number of rotatable bonds is 2. The van der Waals surface area contributed by atoms with E-state index in [2.05, 4.69) is 4.98 Å². The van der Waals surface area contributed by atoms with Gasteiger partial charge >= 0.3 is 6.09 Å². The average Bonchev–Trinajstić information content (AvgIpc) is 2.68. The lowest BCUT2D eigenvalue weighted by molar-refractivity contribution is 0.163. The number of carbonyl (C=O) groups excluding carboxylic acids is 1. The van der Waals surface area contributed by atoms with Gasteiger partial charge in [0.2, 0.25) is 0 Å². The summed E-state index contributed by atoms with van der Waals surface area (Å²) in [5.74, 6) is 0. The van der Waals surface area contributed by atoms with E-state index in [0.29, 0.717) is 6.61 Å². The van der Waals surface area contributed by atoms with Crippen molar-refractivity contribution < 1.29 is 9.53 Å². The molecule has 76 valence electrons. The molecular formula is C9H13N3O2. The molecule has 0 unspecified atom stereocenters. The van der Waals surface area contributed by atoms with Gasteiger partial charge in [0.15, 0.2) is 0 Å². The number of aromatic nitrogens is 2. The Bertz CT molecular complexity index is 348. The van der Waals surface area contributed by atoms with Gasteiger partial charge < -0.3 is 14.2 Å². The van der Waals surface area contributed by atoms with Crippen molar-refractivity contribution in [3.05, 3.63) is 18.2 Å². The molecule has 0 bridgehead atoms. The number of hydrogen-bond acceptors (Lipinski definition) is 3. The van der Waals surface area contributed by atoms with Crippen molar-refractivity contribution in [2.75, 3.05) is 13.7 Å². The molecule has 2 heterocycles. The van der Waals surface area contributed by atoms with E-state index in [4.69, 9.17) is 4.74 Å². The summed E-state index contributed by atoms with van der Waals surface area (Å²) in [6, 6.07) is 0.137. The van der Waals surface area contributed by atoms with E-state index in [1.165, 1.54) is 0 Å². The van der Waals surface area contributed by atoms with E-state index < -0.39 is 0 Å². The Morgan fingerprint density at radius 3 is 2.93 bits per heavy atom. The normalized spacial score (nSPS) is 21.4. The third kappa shape index (κ3) is 1.45. The molecule has 14 heavy (non-hydrogen) atoms. The second kappa shape index (κ2) is 3.32. The minimum absolute atomic E-state index is 0.137. The number of likely N-dealkylation sites (N-methyl/N-ethyl adjacent to an activating group) is 1. The van der Waals surface area contributed by atoms with E-state index in [-0.39, 0.29) is 12.1 Å². The fraction of sp³-hybridized carbons (Fsp3) is 0.556. The molecule has 1 aromatic heterocycles. The minimum atomic E-state index is -0.239. The molecule has 5 nitrogen and oxygen atoms in total. The van der Waals surface area contributed by atoms with Crippen LogP contribution in [0.25, 0.3) is 0 Å². The molecule has 1 aromatic rings. The van der Waals surface area contributed by atoms with Crippen LogP contribution in [-0.2, 0) is 18.2 Å². The topological polar surface area (TPSA) is 47.4 Å². The smallest absolute Gasteiger partial charge is 0.409 e. The van der Waals surface area contributed by atoms with Crippen molar-refractivity contribution in [1.82, 2.24) is 14.5 Å². The molecule has 0 aliphatic carbocycles.